The summed E-state index contributed by atoms with van der Waals surface area (Å²) >= 11 is 0. The van der Waals surface area contributed by atoms with Gasteiger partial charge in [-0.25, -0.2) is 13.4 Å². The van der Waals surface area contributed by atoms with Crippen molar-refractivity contribution >= 4 is 15.9 Å². The van der Waals surface area contributed by atoms with Gasteiger partial charge in [-0.15, -0.1) is 0 Å². The van der Waals surface area contributed by atoms with Gasteiger partial charge in [-0.3, -0.25) is 4.79 Å². The van der Waals surface area contributed by atoms with Gasteiger partial charge in [0.05, 0.1) is 12.2 Å². The minimum absolute atomic E-state index is 0.0560. The second-order valence-corrected chi connectivity index (χ2v) is 8.72. The Hall–Kier alpha value is -2.19. The molecule has 0 radical (unpaired) electrons. The molecular weight excluding hydrogens is 364 g/mol. The van der Waals surface area contributed by atoms with Crippen molar-refractivity contribution in [1.29, 1.82) is 0 Å². The standard InChI is InChI=1S/C19H26N4O3S/c1-3-17(16-8-5-4-6-9-16)19(24)22-10-7-11-23(13-12-22)27(25,26)18-14-21(2)15-20-18/h4-6,8-9,14-15,17H,3,7,10-13H2,1-2H3. The summed E-state index contributed by atoms with van der Waals surface area (Å²) in [6.07, 6.45) is 4.32. The molecule has 1 unspecified atom stereocenters. The fraction of sp³-hybridized carbons (Fsp3) is 0.474. The Kier molecular flexibility index (Phi) is 5.96. The molecule has 0 spiro atoms. The Bertz CT molecular complexity index is 879. The number of aromatic nitrogens is 2. The van der Waals surface area contributed by atoms with Crippen LogP contribution in [0, 0.1) is 0 Å². The van der Waals surface area contributed by atoms with Gasteiger partial charge in [-0.05, 0) is 18.4 Å². The summed E-state index contributed by atoms with van der Waals surface area (Å²) in [7, 11) is -1.89. The van der Waals surface area contributed by atoms with Crippen LogP contribution in [0.2, 0.25) is 0 Å². The van der Waals surface area contributed by atoms with Crippen LogP contribution in [0.25, 0.3) is 0 Å². The molecule has 0 N–H and O–H groups in total. The molecule has 27 heavy (non-hydrogen) atoms. The summed E-state index contributed by atoms with van der Waals surface area (Å²) in [6, 6.07) is 9.76. The fourth-order valence-corrected chi connectivity index (χ4v) is 4.90. The van der Waals surface area contributed by atoms with Crippen LogP contribution in [0.15, 0.2) is 47.9 Å². The van der Waals surface area contributed by atoms with Gasteiger partial charge in [0.15, 0.2) is 5.03 Å². The van der Waals surface area contributed by atoms with Crippen LogP contribution in [0.4, 0.5) is 0 Å². The molecule has 1 atom stereocenters. The van der Waals surface area contributed by atoms with Crippen molar-refractivity contribution in [2.45, 2.75) is 30.7 Å². The van der Waals surface area contributed by atoms with Gasteiger partial charge >= 0.3 is 0 Å². The highest BCUT2D eigenvalue weighted by atomic mass is 32.2. The predicted molar refractivity (Wildman–Crippen MR) is 103 cm³/mol. The Morgan fingerprint density at radius 2 is 1.89 bits per heavy atom. The van der Waals surface area contributed by atoms with Crippen molar-refractivity contribution in [3.63, 3.8) is 0 Å². The summed E-state index contributed by atoms with van der Waals surface area (Å²) in [5.41, 5.74) is 1.01. The zero-order valence-electron chi connectivity index (χ0n) is 15.8. The van der Waals surface area contributed by atoms with Crippen molar-refractivity contribution in [3.8, 4) is 0 Å². The first kappa shape index (κ1) is 19.6. The van der Waals surface area contributed by atoms with Gasteiger partial charge in [-0.2, -0.15) is 4.31 Å². The van der Waals surface area contributed by atoms with E-state index in [2.05, 4.69) is 4.98 Å². The van der Waals surface area contributed by atoms with Gasteiger partial charge in [0, 0.05) is 39.4 Å². The van der Waals surface area contributed by atoms with Crippen LogP contribution in [0.3, 0.4) is 0 Å². The van der Waals surface area contributed by atoms with E-state index in [1.165, 1.54) is 16.8 Å². The molecular formula is C19H26N4O3S. The maximum atomic E-state index is 13.1. The van der Waals surface area contributed by atoms with Gasteiger partial charge in [-0.1, -0.05) is 37.3 Å². The SMILES string of the molecule is CCC(C(=O)N1CCCN(S(=O)(=O)c2cn(C)cn2)CC1)c1ccccc1. The molecule has 2 heterocycles. The molecule has 1 aliphatic rings. The Morgan fingerprint density at radius 1 is 1.15 bits per heavy atom. The predicted octanol–water partition coefficient (Wildman–Crippen LogP) is 1.84. The smallest absolute Gasteiger partial charge is 0.262 e. The van der Waals surface area contributed by atoms with E-state index in [4.69, 9.17) is 0 Å². The average molecular weight is 391 g/mol. The zero-order chi connectivity index (χ0) is 19.4. The summed E-state index contributed by atoms with van der Waals surface area (Å²) < 4.78 is 28.6. The molecule has 7 nitrogen and oxygen atoms in total. The van der Waals surface area contributed by atoms with E-state index >= 15 is 0 Å². The molecule has 1 saturated heterocycles. The lowest BCUT2D eigenvalue weighted by Crippen LogP contribution is -2.39. The normalized spacial score (nSPS) is 17.5. The number of hydrogen-bond acceptors (Lipinski definition) is 4. The molecule has 3 rings (SSSR count). The summed E-state index contributed by atoms with van der Waals surface area (Å²) in [5, 5.41) is 0.0560. The molecule has 1 aromatic heterocycles. The number of hydrogen-bond donors (Lipinski definition) is 0. The van der Waals surface area contributed by atoms with Gasteiger partial charge in [0.1, 0.15) is 0 Å². The molecule has 1 aromatic carbocycles. The highest BCUT2D eigenvalue weighted by Crippen LogP contribution is 2.23. The second kappa shape index (κ2) is 8.22. The lowest BCUT2D eigenvalue weighted by atomic mass is 9.95. The monoisotopic (exact) mass is 390 g/mol. The topological polar surface area (TPSA) is 75.5 Å². The number of benzene rings is 1. The minimum Gasteiger partial charge on any atom is -0.341 e. The van der Waals surface area contributed by atoms with Gasteiger partial charge in [0.25, 0.3) is 10.0 Å². The van der Waals surface area contributed by atoms with E-state index in [9.17, 15) is 13.2 Å². The van der Waals surface area contributed by atoms with Crippen molar-refractivity contribution in [1.82, 2.24) is 18.8 Å². The number of aryl methyl sites for hydroxylation is 1. The van der Waals surface area contributed by atoms with E-state index in [1.807, 2.05) is 37.3 Å². The highest BCUT2D eigenvalue weighted by Gasteiger charge is 2.31. The van der Waals surface area contributed by atoms with Crippen molar-refractivity contribution in [2.24, 2.45) is 7.05 Å². The fourth-order valence-electron chi connectivity index (χ4n) is 3.47. The van der Waals surface area contributed by atoms with E-state index in [0.29, 0.717) is 26.1 Å². The Morgan fingerprint density at radius 3 is 2.52 bits per heavy atom. The average Bonchev–Trinajstić information content (AvgIpc) is 2.96. The molecule has 8 heteroatoms. The molecule has 1 aliphatic heterocycles. The largest absolute Gasteiger partial charge is 0.341 e. The maximum Gasteiger partial charge on any atom is 0.262 e. The lowest BCUT2D eigenvalue weighted by Gasteiger charge is -2.26. The number of imidazole rings is 1. The zero-order valence-corrected chi connectivity index (χ0v) is 16.6. The van der Waals surface area contributed by atoms with Crippen molar-refractivity contribution in [2.75, 3.05) is 26.2 Å². The molecule has 0 saturated carbocycles. The van der Waals surface area contributed by atoms with Crippen molar-refractivity contribution < 1.29 is 13.2 Å². The first-order valence-electron chi connectivity index (χ1n) is 9.25. The second-order valence-electron chi connectivity index (χ2n) is 6.83. The van der Waals surface area contributed by atoms with E-state index in [1.54, 1.807) is 16.5 Å². The molecule has 2 aromatic rings. The van der Waals surface area contributed by atoms with E-state index in [-0.39, 0.29) is 23.4 Å². The third-order valence-electron chi connectivity index (χ3n) is 4.96. The van der Waals surface area contributed by atoms with Crippen LogP contribution in [-0.4, -0.2) is 59.3 Å². The first-order valence-corrected chi connectivity index (χ1v) is 10.7. The number of amides is 1. The van der Waals surface area contributed by atoms with Crippen molar-refractivity contribution in [3.05, 3.63) is 48.4 Å². The van der Waals surface area contributed by atoms with Crippen LogP contribution in [0.1, 0.15) is 31.2 Å². The van der Waals surface area contributed by atoms with Gasteiger partial charge < -0.3 is 9.47 Å². The summed E-state index contributed by atoms with van der Waals surface area (Å²) in [4.78, 5) is 18.8. The van der Waals surface area contributed by atoms with Crippen LogP contribution < -0.4 is 0 Å². The van der Waals surface area contributed by atoms with Crippen LogP contribution >= 0.6 is 0 Å². The number of carbonyl (C=O) groups is 1. The number of sulfonamides is 1. The third kappa shape index (κ3) is 4.22. The van der Waals surface area contributed by atoms with E-state index in [0.717, 1.165) is 12.0 Å². The molecule has 146 valence electrons. The molecule has 0 bridgehead atoms. The lowest BCUT2D eigenvalue weighted by molar-refractivity contribution is -0.132. The molecule has 0 aliphatic carbocycles. The number of rotatable bonds is 5. The maximum absolute atomic E-state index is 13.1. The first-order chi connectivity index (χ1) is 12.9. The number of nitrogens with zero attached hydrogens (tertiary/aromatic N) is 4. The van der Waals surface area contributed by atoms with Crippen LogP contribution in [-0.2, 0) is 21.9 Å². The Balaban J connectivity index is 1.72. The van der Waals surface area contributed by atoms with Gasteiger partial charge in [0.2, 0.25) is 5.91 Å². The molecule has 1 fully saturated rings. The quantitative estimate of drug-likeness (QED) is 0.781. The number of carbonyl (C=O) groups excluding carboxylic acids is 1. The minimum atomic E-state index is -3.63. The van der Waals surface area contributed by atoms with E-state index < -0.39 is 10.0 Å². The van der Waals surface area contributed by atoms with Crippen LogP contribution in [0.5, 0.6) is 0 Å². The third-order valence-corrected chi connectivity index (χ3v) is 6.74. The Labute approximate surface area is 160 Å². The summed E-state index contributed by atoms with van der Waals surface area (Å²) in [5.74, 6) is -0.120. The molecule has 1 amide bonds. The summed E-state index contributed by atoms with van der Waals surface area (Å²) in [6.45, 7) is 3.65. The highest BCUT2D eigenvalue weighted by molar-refractivity contribution is 7.89.